The number of hydrogen-bond donors (Lipinski definition) is 2. The minimum absolute atomic E-state index is 0.00490. The molecule has 0 radical (unpaired) electrons. The number of nitrogens with one attached hydrogen (secondary N) is 1. The average Bonchev–Trinajstić information content (AvgIpc) is 2.70. The molecule has 0 rings (SSSR count). The van der Waals surface area contributed by atoms with Gasteiger partial charge in [-0.05, 0) is 13.3 Å². The summed E-state index contributed by atoms with van der Waals surface area (Å²) in [4.78, 5) is 12.1. The van der Waals surface area contributed by atoms with Crippen molar-refractivity contribution in [3.8, 4) is 0 Å². The number of allylic oxidation sites excluding steroid dienone is 1. The maximum Gasteiger partial charge on any atom is 0.220 e. The summed E-state index contributed by atoms with van der Waals surface area (Å²) < 4.78 is 5.09. The maximum absolute atomic E-state index is 12.1. The van der Waals surface area contributed by atoms with Gasteiger partial charge in [0.05, 0.1) is 18.8 Å². The van der Waals surface area contributed by atoms with Crippen molar-refractivity contribution in [2.45, 2.75) is 129 Å². The van der Waals surface area contributed by atoms with Crippen LogP contribution in [0.25, 0.3) is 0 Å². The summed E-state index contributed by atoms with van der Waals surface area (Å²) >= 11 is 0. The Balaban J connectivity index is 3.48. The number of amides is 1. The van der Waals surface area contributed by atoms with Gasteiger partial charge in [-0.3, -0.25) is 4.79 Å². The zero-order chi connectivity index (χ0) is 21.6. The molecule has 4 heteroatoms. The average molecular weight is 412 g/mol. The van der Waals surface area contributed by atoms with Crippen molar-refractivity contribution in [1.82, 2.24) is 5.32 Å². The molecule has 172 valence electrons. The van der Waals surface area contributed by atoms with Crippen LogP contribution in [0.4, 0.5) is 0 Å². The highest BCUT2D eigenvalue weighted by Crippen LogP contribution is 2.13. The standard InChI is InChI=1S/C25H49NO3/c1-4-6-7-8-9-10-11-12-13-14-15-16-17-18-19-21-25(28)26-23(22-29-3)24(27)20-5-2/h5,20,23-24,27H,4,6-19,21-22H2,1-3H3,(H,26,28)/b20-5+/t23-,24+/m0/s1. The molecule has 0 aliphatic heterocycles. The molecule has 2 N–H and O–H groups in total. The van der Waals surface area contributed by atoms with Gasteiger partial charge >= 0.3 is 0 Å². The largest absolute Gasteiger partial charge is 0.387 e. The van der Waals surface area contributed by atoms with E-state index in [2.05, 4.69) is 12.2 Å². The van der Waals surface area contributed by atoms with E-state index < -0.39 is 6.10 Å². The van der Waals surface area contributed by atoms with Crippen molar-refractivity contribution >= 4 is 5.91 Å². The number of carbonyl (C=O) groups is 1. The second-order valence-electron chi connectivity index (χ2n) is 8.35. The highest BCUT2D eigenvalue weighted by Gasteiger charge is 2.18. The van der Waals surface area contributed by atoms with Gasteiger partial charge in [0.1, 0.15) is 0 Å². The third kappa shape index (κ3) is 18.9. The van der Waals surface area contributed by atoms with Crippen molar-refractivity contribution < 1.29 is 14.6 Å². The van der Waals surface area contributed by atoms with Crippen LogP contribution in [0.15, 0.2) is 12.2 Å². The molecule has 0 fully saturated rings. The van der Waals surface area contributed by atoms with Crippen molar-refractivity contribution in [2.75, 3.05) is 13.7 Å². The normalized spacial score (nSPS) is 13.7. The van der Waals surface area contributed by atoms with Crippen molar-refractivity contribution in [2.24, 2.45) is 0 Å². The number of rotatable bonds is 21. The Labute approximate surface area is 180 Å². The van der Waals surface area contributed by atoms with Crippen LogP contribution >= 0.6 is 0 Å². The fourth-order valence-electron chi connectivity index (χ4n) is 3.67. The van der Waals surface area contributed by atoms with E-state index >= 15 is 0 Å². The van der Waals surface area contributed by atoms with Gasteiger partial charge in [0.2, 0.25) is 5.91 Å². The lowest BCUT2D eigenvalue weighted by atomic mass is 10.0. The van der Waals surface area contributed by atoms with Crippen LogP contribution < -0.4 is 5.32 Å². The molecular formula is C25H49NO3. The van der Waals surface area contributed by atoms with E-state index in [9.17, 15) is 9.90 Å². The predicted molar refractivity (Wildman–Crippen MR) is 124 cm³/mol. The van der Waals surface area contributed by atoms with Crippen LogP contribution in [0.1, 0.15) is 117 Å². The molecular weight excluding hydrogens is 362 g/mol. The Morgan fingerprint density at radius 2 is 1.31 bits per heavy atom. The Morgan fingerprint density at radius 3 is 1.72 bits per heavy atom. The number of aliphatic hydroxyl groups excluding tert-OH is 1. The first-order valence-corrected chi connectivity index (χ1v) is 12.2. The Hall–Kier alpha value is -0.870. The van der Waals surface area contributed by atoms with Gasteiger partial charge in [0.15, 0.2) is 0 Å². The van der Waals surface area contributed by atoms with Crippen LogP contribution in [0, 0.1) is 0 Å². The summed E-state index contributed by atoms with van der Waals surface area (Å²) in [6.07, 6.45) is 23.1. The Kier molecular flexibility index (Phi) is 21.2. The lowest BCUT2D eigenvalue weighted by molar-refractivity contribution is -0.123. The molecule has 0 bridgehead atoms. The zero-order valence-electron chi connectivity index (χ0n) is 19.6. The SMILES string of the molecule is C/C=C/[C@@H](O)[C@H](COC)NC(=O)CCCCCCCCCCCCCCCCC. The zero-order valence-corrected chi connectivity index (χ0v) is 19.6. The van der Waals surface area contributed by atoms with Crippen LogP contribution in [0.3, 0.4) is 0 Å². The molecule has 0 spiro atoms. The Bertz CT molecular complexity index is 384. The van der Waals surface area contributed by atoms with E-state index in [1.807, 2.05) is 6.92 Å². The summed E-state index contributed by atoms with van der Waals surface area (Å²) in [5.74, 6) is 0.00490. The summed E-state index contributed by atoms with van der Waals surface area (Å²) in [5.41, 5.74) is 0. The first-order chi connectivity index (χ1) is 14.2. The number of methoxy groups -OCH3 is 1. The molecule has 0 aliphatic carbocycles. The summed E-state index contributed by atoms with van der Waals surface area (Å²) in [6.45, 7) is 4.44. The van der Waals surface area contributed by atoms with Gasteiger partial charge in [-0.15, -0.1) is 0 Å². The Morgan fingerprint density at radius 1 is 0.862 bits per heavy atom. The molecule has 0 aromatic carbocycles. The number of aliphatic hydroxyl groups is 1. The van der Waals surface area contributed by atoms with Crippen LogP contribution in [-0.2, 0) is 9.53 Å². The molecule has 4 nitrogen and oxygen atoms in total. The highest BCUT2D eigenvalue weighted by atomic mass is 16.5. The van der Waals surface area contributed by atoms with Crippen LogP contribution in [0.5, 0.6) is 0 Å². The molecule has 0 aliphatic rings. The minimum Gasteiger partial charge on any atom is -0.387 e. The van der Waals surface area contributed by atoms with E-state index in [-0.39, 0.29) is 11.9 Å². The molecule has 0 aromatic rings. The van der Waals surface area contributed by atoms with Crippen molar-refractivity contribution in [3.63, 3.8) is 0 Å². The van der Waals surface area contributed by atoms with E-state index in [0.29, 0.717) is 13.0 Å². The van der Waals surface area contributed by atoms with E-state index in [1.54, 1.807) is 19.3 Å². The van der Waals surface area contributed by atoms with Gasteiger partial charge < -0.3 is 15.2 Å². The number of hydrogen-bond acceptors (Lipinski definition) is 3. The fraction of sp³-hybridized carbons (Fsp3) is 0.880. The van der Waals surface area contributed by atoms with E-state index in [4.69, 9.17) is 4.74 Å². The lowest BCUT2D eigenvalue weighted by Crippen LogP contribution is -2.45. The molecule has 2 atom stereocenters. The van der Waals surface area contributed by atoms with Crippen LogP contribution in [-0.4, -0.2) is 36.9 Å². The molecule has 0 unspecified atom stereocenters. The molecule has 29 heavy (non-hydrogen) atoms. The summed E-state index contributed by atoms with van der Waals surface area (Å²) in [7, 11) is 1.58. The summed E-state index contributed by atoms with van der Waals surface area (Å²) in [6, 6.07) is -0.375. The first-order valence-electron chi connectivity index (χ1n) is 12.2. The molecule has 0 aromatic heterocycles. The number of ether oxygens (including phenoxy) is 1. The van der Waals surface area contributed by atoms with Crippen molar-refractivity contribution in [1.29, 1.82) is 0 Å². The first kappa shape index (κ1) is 28.1. The monoisotopic (exact) mass is 411 g/mol. The van der Waals surface area contributed by atoms with Crippen molar-refractivity contribution in [3.05, 3.63) is 12.2 Å². The minimum atomic E-state index is -0.704. The molecule has 0 heterocycles. The lowest BCUT2D eigenvalue weighted by Gasteiger charge is -2.21. The van der Waals surface area contributed by atoms with E-state index in [0.717, 1.165) is 12.8 Å². The topological polar surface area (TPSA) is 58.6 Å². The highest BCUT2D eigenvalue weighted by molar-refractivity contribution is 5.76. The van der Waals surface area contributed by atoms with Gasteiger partial charge in [0.25, 0.3) is 0 Å². The quantitative estimate of drug-likeness (QED) is 0.172. The maximum atomic E-state index is 12.1. The fourth-order valence-corrected chi connectivity index (χ4v) is 3.67. The molecule has 1 amide bonds. The molecule has 0 saturated heterocycles. The number of carbonyl (C=O) groups excluding carboxylic acids is 1. The molecule has 0 saturated carbocycles. The second-order valence-corrected chi connectivity index (χ2v) is 8.35. The van der Waals surface area contributed by atoms with Gasteiger partial charge in [0, 0.05) is 13.5 Å². The summed E-state index contributed by atoms with van der Waals surface area (Å²) in [5, 5.41) is 12.9. The van der Waals surface area contributed by atoms with Crippen LogP contribution in [0.2, 0.25) is 0 Å². The van der Waals surface area contributed by atoms with Gasteiger partial charge in [-0.2, -0.15) is 0 Å². The third-order valence-electron chi connectivity index (χ3n) is 5.50. The predicted octanol–water partition coefficient (Wildman–Crippen LogP) is 6.32. The van der Waals surface area contributed by atoms with E-state index in [1.165, 1.54) is 83.5 Å². The van der Waals surface area contributed by atoms with Gasteiger partial charge in [-0.1, -0.05) is 109 Å². The smallest absolute Gasteiger partial charge is 0.220 e. The number of unbranched alkanes of at least 4 members (excludes halogenated alkanes) is 14. The second kappa shape index (κ2) is 21.8. The third-order valence-corrected chi connectivity index (χ3v) is 5.50. The van der Waals surface area contributed by atoms with Gasteiger partial charge in [-0.25, -0.2) is 0 Å².